The molecule has 0 N–H and O–H groups in total. The van der Waals surface area contributed by atoms with Crippen molar-refractivity contribution in [3.63, 3.8) is 0 Å². The van der Waals surface area contributed by atoms with E-state index >= 15 is 0 Å². The van der Waals surface area contributed by atoms with E-state index in [2.05, 4.69) is 41.5 Å². The third kappa shape index (κ3) is 5.67. The third-order valence-corrected chi connectivity index (χ3v) is 3.52. The summed E-state index contributed by atoms with van der Waals surface area (Å²) in [4.78, 5) is 0. The van der Waals surface area contributed by atoms with E-state index in [4.69, 9.17) is 0 Å². The van der Waals surface area contributed by atoms with Crippen LogP contribution in [0.5, 0.6) is 0 Å². The Balaban J connectivity index is 3.96. The topological polar surface area (TPSA) is 0 Å². The summed E-state index contributed by atoms with van der Waals surface area (Å²) in [6.07, 6.45) is 6.81. The summed E-state index contributed by atoms with van der Waals surface area (Å²) < 4.78 is 0. The number of rotatable bonds is 7. The van der Waals surface area contributed by atoms with Crippen molar-refractivity contribution in [2.24, 2.45) is 17.3 Å². The van der Waals surface area contributed by atoms with Crippen molar-refractivity contribution in [2.45, 2.75) is 73.6 Å². The van der Waals surface area contributed by atoms with Gasteiger partial charge in [0.1, 0.15) is 0 Å². The lowest BCUT2D eigenvalue weighted by molar-refractivity contribution is 0.208. The van der Waals surface area contributed by atoms with E-state index in [1.165, 1.54) is 32.1 Å². The molecule has 0 bridgehead atoms. The van der Waals surface area contributed by atoms with Gasteiger partial charge in [0.15, 0.2) is 0 Å². The Bertz CT molecular complexity index is 135. The van der Waals surface area contributed by atoms with E-state index in [1.54, 1.807) is 0 Å². The van der Waals surface area contributed by atoms with Crippen molar-refractivity contribution in [2.75, 3.05) is 0 Å². The fraction of sp³-hybridized carbons (Fsp3) is 1.00. The van der Waals surface area contributed by atoms with Gasteiger partial charge in [-0.25, -0.2) is 0 Å². The van der Waals surface area contributed by atoms with Gasteiger partial charge in [-0.2, -0.15) is 0 Å². The molecule has 0 saturated carbocycles. The highest BCUT2D eigenvalue weighted by Crippen LogP contribution is 2.34. The molecule has 0 spiro atoms. The fourth-order valence-corrected chi connectivity index (χ4v) is 2.59. The van der Waals surface area contributed by atoms with Crippen molar-refractivity contribution < 1.29 is 0 Å². The standard InChI is InChI=1S/C14H30/c1-7-9-12(3)13(4)11-14(5,6)10-8-2/h12-13H,7-11H2,1-6H3. The molecule has 0 saturated heterocycles. The van der Waals surface area contributed by atoms with E-state index < -0.39 is 0 Å². The Morgan fingerprint density at radius 1 is 0.929 bits per heavy atom. The summed E-state index contributed by atoms with van der Waals surface area (Å²) >= 11 is 0. The molecule has 0 aromatic rings. The van der Waals surface area contributed by atoms with Crippen LogP contribution in [0.2, 0.25) is 0 Å². The average Bonchev–Trinajstić information content (AvgIpc) is 2.03. The zero-order valence-electron chi connectivity index (χ0n) is 11.2. The van der Waals surface area contributed by atoms with Crippen LogP contribution in [0.3, 0.4) is 0 Å². The van der Waals surface area contributed by atoms with Crippen molar-refractivity contribution >= 4 is 0 Å². The van der Waals surface area contributed by atoms with Crippen molar-refractivity contribution in [3.8, 4) is 0 Å². The molecule has 0 aromatic carbocycles. The first-order valence-corrected chi connectivity index (χ1v) is 6.43. The normalized spacial score (nSPS) is 16.7. The maximum atomic E-state index is 2.43. The molecule has 0 fully saturated rings. The largest absolute Gasteiger partial charge is 0.0654 e. The summed E-state index contributed by atoms with van der Waals surface area (Å²) in [6, 6.07) is 0. The van der Waals surface area contributed by atoms with Crippen molar-refractivity contribution in [1.82, 2.24) is 0 Å². The number of hydrogen-bond donors (Lipinski definition) is 0. The molecule has 0 aliphatic carbocycles. The van der Waals surface area contributed by atoms with Gasteiger partial charge in [-0.3, -0.25) is 0 Å². The second-order valence-electron chi connectivity index (χ2n) is 5.86. The van der Waals surface area contributed by atoms with Gasteiger partial charge in [0.2, 0.25) is 0 Å². The monoisotopic (exact) mass is 198 g/mol. The molecule has 0 rings (SSSR count). The molecule has 0 heterocycles. The van der Waals surface area contributed by atoms with E-state index in [1.807, 2.05) is 0 Å². The van der Waals surface area contributed by atoms with Gasteiger partial charge in [-0.05, 0) is 30.1 Å². The van der Waals surface area contributed by atoms with Crippen LogP contribution >= 0.6 is 0 Å². The quantitative estimate of drug-likeness (QED) is 0.522. The molecule has 2 atom stereocenters. The first-order chi connectivity index (χ1) is 6.43. The molecule has 0 radical (unpaired) electrons. The molecule has 0 heteroatoms. The minimum atomic E-state index is 0.552. The summed E-state index contributed by atoms with van der Waals surface area (Å²) in [5.74, 6) is 1.78. The second kappa shape index (κ2) is 6.48. The molecule has 86 valence electrons. The summed E-state index contributed by atoms with van der Waals surface area (Å²) in [7, 11) is 0. The Hall–Kier alpha value is 0. The Labute approximate surface area is 91.5 Å². The third-order valence-electron chi connectivity index (χ3n) is 3.52. The van der Waals surface area contributed by atoms with Crippen molar-refractivity contribution in [3.05, 3.63) is 0 Å². The first kappa shape index (κ1) is 14.0. The fourth-order valence-electron chi connectivity index (χ4n) is 2.59. The zero-order valence-corrected chi connectivity index (χ0v) is 11.2. The molecule has 2 unspecified atom stereocenters. The lowest BCUT2D eigenvalue weighted by atomic mass is 9.75. The molecular formula is C14H30. The second-order valence-corrected chi connectivity index (χ2v) is 5.86. The highest BCUT2D eigenvalue weighted by molar-refractivity contribution is 4.73. The molecule has 0 amide bonds. The summed E-state index contributed by atoms with van der Waals surface area (Å²) in [5.41, 5.74) is 0.552. The van der Waals surface area contributed by atoms with Gasteiger partial charge in [0.25, 0.3) is 0 Å². The average molecular weight is 198 g/mol. The minimum absolute atomic E-state index is 0.552. The van der Waals surface area contributed by atoms with Crippen LogP contribution in [0.15, 0.2) is 0 Å². The van der Waals surface area contributed by atoms with Gasteiger partial charge in [-0.15, -0.1) is 0 Å². The van der Waals surface area contributed by atoms with Crippen LogP contribution in [0.25, 0.3) is 0 Å². The highest BCUT2D eigenvalue weighted by Gasteiger charge is 2.22. The van der Waals surface area contributed by atoms with Gasteiger partial charge in [0, 0.05) is 0 Å². The molecule has 14 heavy (non-hydrogen) atoms. The number of hydrogen-bond acceptors (Lipinski definition) is 0. The maximum Gasteiger partial charge on any atom is -0.0352 e. The lowest BCUT2D eigenvalue weighted by Gasteiger charge is -2.30. The highest BCUT2D eigenvalue weighted by atomic mass is 14.3. The Kier molecular flexibility index (Phi) is 6.48. The molecule has 0 aliphatic heterocycles. The predicted molar refractivity (Wildman–Crippen MR) is 66.5 cm³/mol. The zero-order chi connectivity index (χ0) is 11.2. The van der Waals surface area contributed by atoms with Crippen LogP contribution in [-0.4, -0.2) is 0 Å². The minimum Gasteiger partial charge on any atom is -0.0654 e. The van der Waals surface area contributed by atoms with E-state index in [0.29, 0.717) is 5.41 Å². The summed E-state index contributed by atoms with van der Waals surface area (Å²) in [5, 5.41) is 0. The molecule has 0 aromatic heterocycles. The van der Waals surface area contributed by atoms with Gasteiger partial charge in [0.05, 0.1) is 0 Å². The van der Waals surface area contributed by atoms with Gasteiger partial charge in [-0.1, -0.05) is 60.8 Å². The lowest BCUT2D eigenvalue weighted by Crippen LogP contribution is -2.19. The van der Waals surface area contributed by atoms with Crippen LogP contribution in [0.4, 0.5) is 0 Å². The Morgan fingerprint density at radius 3 is 1.93 bits per heavy atom. The Morgan fingerprint density at radius 2 is 1.50 bits per heavy atom. The smallest absolute Gasteiger partial charge is 0.0352 e. The van der Waals surface area contributed by atoms with Gasteiger partial charge >= 0.3 is 0 Å². The van der Waals surface area contributed by atoms with Crippen LogP contribution in [0.1, 0.15) is 73.6 Å². The van der Waals surface area contributed by atoms with Crippen LogP contribution in [0, 0.1) is 17.3 Å². The molecule has 0 nitrogen and oxygen atoms in total. The van der Waals surface area contributed by atoms with Gasteiger partial charge < -0.3 is 0 Å². The SMILES string of the molecule is CCCC(C)C(C)CC(C)(C)CCC. The maximum absolute atomic E-state index is 2.43. The molecule has 0 aliphatic rings. The van der Waals surface area contributed by atoms with E-state index in [9.17, 15) is 0 Å². The first-order valence-electron chi connectivity index (χ1n) is 6.43. The predicted octanol–water partition coefficient (Wildman–Crippen LogP) is 5.28. The summed E-state index contributed by atoms with van der Waals surface area (Å²) in [6.45, 7) is 14.3. The van der Waals surface area contributed by atoms with E-state index in [-0.39, 0.29) is 0 Å². The van der Waals surface area contributed by atoms with Crippen LogP contribution in [-0.2, 0) is 0 Å². The van der Waals surface area contributed by atoms with E-state index in [0.717, 1.165) is 11.8 Å². The van der Waals surface area contributed by atoms with Crippen molar-refractivity contribution in [1.29, 1.82) is 0 Å². The molecular weight excluding hydrogens is 168 g/mol. The van der Waals surface area contributed by atoms with Crippen LogP contribution < -0.4 is 0 Å².